The molecule has 0 fully saturated rings. The number of furan rings is 1. The maximum absolute atomic E-state index is 10.7. The van der Waals surface area contributed by atoms with Gasteiger partial charge in [0.2, 0.25) is 5.76 Å². The molecule has 1 N–H and O–H groups in total. The lowest BCUT2D eigenvalue weighted by atomic mass is 10.2. The molecule has 0 aliphatic heterocycles. The molecule has 0 atom stereocenters. The first-order valence-electron chi connectivity index (χ1n) is 4.55. The fourth-order valence-electron chi connectivity index (χ4n) is 1.22. The Bertz CT molecular complexity index is 330. The second-order valence-electron chi connectivity index (χ2n) is 3.36. The Kier molecular flexibility index (Phi) is 3.30. The molecule has 1 aromatic heterocycles. The first-order chi connectivity index (χ1) is 6.54. The minimum atomic E-state index is -1.01. The second-order valence-corrected chi connectivity index (χ2v) is 3.36. The number of carboxylic acids is 1. The zero-order valence-electron chi connectivity index (χ0n) is 8.70. The van der Waals surface area contributed by atoms with Gasteiger partial charge >= 0.3 is 5.97 Å². The Morgan fingerprint density at radius 3 is 2.71 bits per heavy atom. The molecule has 14 heavy (non-hydrogen) atoms. The average molecular weight is 197 g/mol. The van der Waals surface area contributed by atoms with Crippen molar-refractivity contribution in [3.63, 3.8) is 0 Å². The van der Waals surface area contributed by atoms with Gasteiger partial charge in [0.15, 0.2) is 0 Å². The van der Waals surface area contributed by atoms with E-state index >= 15 is 0 Å². The molecule has 0 radical (unpaired) electrons. The maximum atomic E-state index is 10.7. The quantitative estimate of drug-likeness (QED) is 0.798. The summed E-state index contributed by atoms with van der Waals surface area (Å²) in [6.45, 7) is 5.32. The van der Waals surface area contributed by atoms with E-state index in [4.69, 9.17) is 9.52 Å². The van der Waals surface area contributed by atoms with Gasteiger partial charge in [-0.05, 0) is 26.6 Å². The molecule has 4 nitrogen and oxygen atoms in total. The van der Waals surface area contributed by atoms with Crippen molar-refractivity contribution in [2.75, 3.05) is 13.6 Å². The monoisotopic (exact) mass is 197 g/mol. The Balaban J connectivity index is 2.81. The molecule has 1 aromatic rings. The van der Waals surface area contributed by atoms with E-state index in [0.717, 1.165) is 6.54 Å². The number of aryl methyl sites for hydroxylation is 1. The van der Waals surface area contributed by atoms with E-state index in [9.17, 15) is 4.79 Å². The summed E-state index contributed by atoms with van der Waals surface area (Å²) in [5, 5.41) is 8.76. The molecular formula is C10H15NO3. The number of aromatic carboxylic acids is 1. The number of rotatable bonds is 4. The largest absolute Gasteiger partial charge is 0.475 e. The molecule has 0 spiro atoms. The highest BCUT2D eigenvalue weighted by molar-refractivity contribution is 5.86. The molecular weight excluding hydrogens is 182 g/mol. The van der Waals surface area contributed by atoms with Gasteiger partial charge in [0.1, 0.15) is 5.76 Å². The lowest BCUT2D eigenvalue weighted by Gasteiger charge is -2.10. The first kappa shape index (κ1) is 10.8. The van der Waals surface area contributed by atoms with Crippen LogP contribution in [0.5, 0.6) is 0 Å². The number of hydrogen-bond donors (Lipinski definition) is 1. The van der Waals surface area contributed by atoms with E-state index in [-0.39, 0.29) is 5.76 Å². The van der Waals surface area contributed by atoms with E-state index in [1.165, 1.54) is 0 Å². The molecule has 0 unspecified atom stereocenters. The maximum Gasteiger partial charge on any atom is 0.372 e. The van der Waals surface area contributed by atoms with Crippen LogP contribution in [0.2, 0.25) is 0 Å². The van der Waals surface area contributed by atoms with Crippen molar-refractivity contribution in [3.05, 3.63) is 23.2 Å². The topological polar surface area (TPSA) is 53.7 Å². The Morgan fingerprint density at radius 1 is 1.64 bits per heavy atom. The van der Waals surface area contributed by atoms with Crippen molar-refractivity contribution in [3.8, 4) is 0 Å². The van der Waals surface area contributed by atoms with Crippen molar-refractivity contribution in [1.29, 1.82) is 0 Å². The van der Waals surface area contributed by atoms with Crippen molar-refractivity contribution >= 4 is 5.97 Å². The van der Waals surface area contributed by atoms with Crippen LogP contribution in [0.25, 0.3) is 0 Å². The zero-order chi connectivity index (χ0) is 10.7. The Hall–Kier alpha value is -1.29. The molecule has 78 valence electrons. The summed E-state index contributed by atoms with van der Waals surface area (Å²) in [5.74, 6) is -0.262. The zero-order valence-corrected chi connectivity index (χ0v) is 8.70. The van der Waals surface area contributed by atoms with Gasteiger partial charge in [-0.3, -0.25) is 4.90 Å². The Labute approximate surface area is 83.1 Å². The third kappa shape index (κ3) is 2.35. The molecule has 0 saturated carbocycles. The fraction of sp³-hybridized carbons (Fsp3) is 0.500. The fourth-order valence-corrected chi connectivity index (χ4v) is 1.22. The summed E-state index contributed by atoms with van der Waals surface area (Å²) in [6.07, 6.45) is 0. The molecule has 0 aromatic carbocycles. The van der Waals surface area contributed by atoms with E-state index in [1.807, 2.05) is 18.9 Å². The van der Waals surface area contributed by atoms with Crippen LogP contribution in [-0.2, 0) is 6.54 Å². The Morgan fingerprint density at radius 2 is 2.29 bits per heavy atom. The van der Waals surface area contributed by atoms with E-state index in [0.29, 0.717) is 17.9 Å². The molecule has 1 heterocycles. The van der Waals surface area contributed by atoms with Crippen molar-refractivity contribution in [1.82, 2.24) is 4.90 Å². The van der Waals surface area contributed by atoms with Crippen LogP contribution in [0.4, 0.5) is 0 Å². The standard InChI is InChI=1S/C10H15NO3/c1-4-11(3)6-8-5-7(2)9(14-8)10(12)13/h5H,4,6H2,1-3H3,(H,12,13). The van der Waals surface area contributed by atoms with Gasteiger partial charge in [-0.25, -0.2) is 4.79 Å². The van der Waals surface area contributed by atoms with Crippen molar-refractivity contribution < 1.29 is 14.3 Å². The van der Waals surface area contributed by atoms with Crippen LogP contribution in [0, 0.1) is 6.92 Å². The lowest BCUT2D eigenvalue weighted by Crippen LogP contribution is -2.16. The smallest absolute Gasteiger partial charge is 0.372 e. The lowest BCUT2D eigenvalue weighted by molar-refractivity contribution is 0.0658. The highest BCUT2D eigenvalue weighted by atomic mass is 16.4. The van der Waals surface area contributed by atoms with Crippen LogP contribution in [0.3, 0.4) is 0 Å². The summed E-state index contributed by atoms with van der Waals surface area (Å²) >= 11 is 0. The number of hydrogen-bond acceptors (Lipinski definition) is 3. The highest BCUT2D eigenvalue weighted by Crippen LogP contribution is 2.15. The van der Waals surface area contributed by atoms with Crippen LogP contribution in [-0.4, -0.2) is 29.6 Å². The van der Waals surface area contributed by atoms with Gasteiger partial charge in [-0.1, -0.05) is 6.92 Å². The van der Waals surface area contributed by atoms with Crippen molar-refractivity contribution in [2.45, 2.75) is 20.4 Å². The van der Waals surface area contributed by atoms with Crippen molar-refractivity contribution in [2.24, 2.45) is 0 Å². The number of nitrogens with zero attached hydrogens (tertiary/aromatic N) is 1. The van der Waals surface area contributed by atoms with Gasteiger partial charge in [0.05, 0.1) is 6.54 Å². The second kappa shape index (κ2) is 4.28. The van der Waals surface area contributed by atoms with E-state index in [1.54, 1.807) is 13.0 Å². The molecule has 0 bridgehead atoms. The SMILES string of the molecule is CCN(C)Cc1cc(C)c(C(=O)O)o1. The van der Waals surface area contributed by atoms with Gasteiger partial charge in [-0.2, -0.15) is 0 Å². The van der Waals surface area contributed by atoms with Gasteiger partial charge < -0.3 is 9.52 Å². The molecule has 0 aliphatic rings. The summed E-state index contributed by atoms with van der Waals surface area (Å²) in [7, 11) is 1.96. The molecule has 0 amide bonds. The van der Waals surface area contributed by atoms with Gasteiger partial charge in [0.25, 0.3) is 0 Å². The third-order valence-electron chi connectivity index (χ3n) is 2.13. The normalized spacial score (nSPS) is 10.9. The molecule has 4 heteroatoms. The summed E-state index contributed by atoms with van der Waals surface area (Å²) in [6, 6.07) is 1.77. The van der Waals surface area contributed by atoms with Crippen LogP contribution >= 0.6 is 0 Å². The molecule has 0 saturated heterocycles. The highest BCUT2D eigenvalue weighted by Gasteiger charge is 2.14. The number of carbonyl (C=O) groups is 1. The molecule has 0 aliphatic carbocycles. The average Bonchev–Trinajstić information content (AvgIpc) is 2.46. The van der Waals surface area contributed by atoms with E-state index in [2.05, 4.69) is 0 Å². The number of carboxylic acid groups (broad SMARTS) is 1. The van der Waals surface area contributed by atoms with Crippen LogP contribution in [0.15, 0.2) is 10.5 Å². The third-order valence-corrected chi connectivity index (χ3v) is 2.13. The summed E-state index contributed by atoms with van der Waals surface area (Å²) in [5.41, 5.74) is 0.678. The first-order valence-corrected chi connectivity index (χ1v) is 4.55. The van der Waals surface area contributed by atoms with Crippen LogP contribution in [0.1, 0.15) is 28.8 Å². The predicted octanol–water partition coefficient (Wildman–Crippen LogP) is 1.74. The van der Waals surface area contributed by atoms with Gasteiger partial charge in [-0.15, -0.1) is 0 Å². The minimum absolute atomic E-state index is 0.0458. The summed E-state index contributed by atoms with van der Waals surface area (Å²) < 4.78 is 5.21. The predicted molar refractivity (Wildman–Crippen MR) is 52.4 cm³/mol. The van der Waals surface area contributed by atoms with E-state index < -0.39 is 5.97 Å². The summed E-state index contributed by atoms with van der Waals surface area (Å²) in [4.78, 5) is 12.7. The minimum Gasteiger partial charge on any atom is -0.475 e. The van der Waals surface area contributed by atoms with Gasteiger partial charge in [0, 0.05) is 5.56 Å². The van der Waals surface area contributed by atoms with Crippen LogP contribution < -0.4 is 0 Å². The molecule has 1 rings (SSSR count).